The van der Waals surface area contributed by atoms with Crippen LogP contribution < -0.4 is 10.1 Å². The average Bonchev–Trinajstić information content (AvgIpc) is 2.48. The van der Waals surface area contributed by atoms with Crippen LogP contribution in [0, 0.1) is 0 Å². The lowest BCUT2D eigenvalue weighted by atomic mass is 10.0. The third-order valence-electron chi connectivity index (χ3n) is 4.55. The second-order valence-electron chi connectivity index (χ2n) is 6.26. The van der Waals surface area contributed by atoms with E-state index < -0.39 is 0 Å². The van der Waals surface area contributed by atoms with Crippen LogP contribution in [0.15, 0.2) is 18.2 Å². The molecule has 3 rings (SSSR count). The van der Waals surface area contributed by atoms with Gasteiger partial charge in [-0.1, -0.05) is 6.07 Å². The number of benzene rings is 1. The highest BCUT2D eigenvalue weighted by Gasteiger charge is 2.23. The van der Waals surface area contributed by atoms with E-state index in [1.807, 2.05) is 0 Å². The van der Waals surface area contributed by atoms with Gasteiger partial charge in [-0.15, -0.1) is 0 Å². The number of rotatable bonds is 3. The maximum absolute atomic E-state index is 6.32. The summed E-state index contributed by atoms with van der Waals surface area (Å²) in [5, 5.41) is 3.47. The van der Waals surface area contributed by atoms with E-state index in [0.29, 0.717) is 12.1 Å². The molecule has 1 aromatic carbocycles. The summed E-state index contributed by atoms with van der Waals surface area (Å²) < 4.78 is 6.32. The van der Waals surface area contributed by atoms with Gasteiger partial charge in [0.05, 0.1) is 0 Å². The summed E-state index contributed by atoms with van der Waals surface area (Å²) in [6, 6.07) is 7.07. The second kappa shape index (κ2) is 6.04. The Kier molecular flexibility index (Phi) is 4.16. The highest BCUT2D eigenvalue weighted by Crippen LogP contribution is 2.32. The summed E-state index contributed by atoms with van der Waals surface area (Å²) >= 11 is 0. The summed E-state index contributed by atoms with van der Waals surface area (Å²) in [6.07, 6.45) is 5.03. The number of nitrogens with zero attached hydrogens (tertiary/aromatic N) is 1. The van der Waals surface area contributed by atoms with Crippen molar-refractivity contribution in [1.29, 1.82) is 0 Å². The Balaban J connectivity index is 1.64. The summed E-state index contributed by atoms with van der Waals surface area (Å²) in [6.45, 7) is 7.97. The van der Waals surface area contributed by atoms with E-state index in [1.165, 1.54) is 17.7 Å². The number of ether oxygens (including phenoxy) is 1. The van der Waals surface area contributed by atoms with E-state index in [4.69, 9.17) is 4.74 Å². The van der Waals surface area contributed by atoms with Crippen molar-refractivity contribution < 1.29 is 4.74 Å². The first kappa shape index (κ1) is 13.7. The van der Waals surface area contributed by atoms with Gasteiger partial charge in [-0.25, -0.2) is 0 Å². The largest absolute Gasteiger partial charge is 0.490 e. The monoisotopic (exact) mass is 274 g/mol. The van der Waals surface area contributed by atoms with Crippen LogP contribution in [-0.4, -0.2) is 36.7 Å². The molecule has 1 aromatic rings. The summed E-state index contributed by atoms with van der Waals surface area (Å²) in [5.74, 6) is 1.11. The molecule has 0 aliphatic carbocycles. The lowest BCUT2D eigenvalue weighted by Crippen LogP contribution is -2.41. The maximum Gasteiger partial charge on any atom is 0.124 e. The number of piperidine rings is 1. The standard InChI is InChI=1S/C17H26N2O/c1-13(2)19-11-8-14(9-12-19)20-17-7-3-6-16-15(17)5-4-10-18-16/h3,6-7,13-14,18H,4-5,8-12H2,1-2H3. The van der Waals surface area contributed by atoms with Gasteiger partial charge in [-0.3, -0.25) is 0 Å². The minimum Gasteiger partial charge on any atom is -0.490 e. The molecule has 0 amide bonds. The van der Waals surface area contributed by atoms with Crippen molar-refractivity contribution in [3.63, 3.8) is 0 Å². The van der Waals surface area contributed by atoms with Gasteiger partial charge in [-0.2, -0.15) is 0 Å². The molecule has 3 nitrogen and oxygen atoms in total. The fourth-order valence-corrected chi connectivity index (χ4v) is 3.28. The van der Waals surface area contributed by atoms with Gasteiger partial charge < -0.3 is 15.0 Å². The van der Waals surface area contributed by atoms with Crippen molar-refractivity contribution in [2.75, 3.05) is 25.0 Å². The fraction of sp³-hybridized carbons (Fsp3) is 0.647. The van der Waals surface area contributed by atoms with Crippen molar-refractivity contribution in [2.45, 2.75) is 51.7 Å². The molecule has 1 N–H and O–H groups in total. The normalized spacial score (nSPS) is 20.6. The third-order valence-corrected chi connectivity index (χ3v) is 4.55. The SMILES string of the molecule is CC(C)N1CCC(Oc2cccc3c2CCCN3)CC1. The predicted octanol–water partition coefficient (Wildman–Crippen LogP) is 3.30. The van der Waals surface area contributed by atoms with Crippen LogP contribution >= 0.6 is 0 Å². The third kappa shape index (κ3) is 2.93. The van der Waals surface area contributed by atoms with Crippen molar-refractivity contribution >= 4 is 5.69 Å². The van der Waals surface area contributed by atoms with Crippen LogP contribution in [0.2, 0.25) is 0 Å². The molecule has 0 aromatic heterocycles. The Morgan fingerprint density at radius 1 is 1.25 bits per heavy atom. The number of fused-ring (bicyclic) bond motifs is 1. The Bertz CT molecular complexity index is 450. The molecule has 2 aliphatic rings. The number of likely N-dealkylation sites (tertiary alicyclic amines) is 1. The molecule has 0 spiro atoms. The van der Waals surface area contributed by atoms with E-state index in [-0.39, 0.29) is 0 Å². The summed E-state index contributed by atoms with van der Waals surface area (Å²) in [4.78, 5) is 2.54. The number of anilines is 1. The molecule has 3 heteroatoms. The smallest absolute Gasteiger partial charge is 0.124 e. The Morgan fingerprint density at radius 2 is 2.05 bits per heavy atom. The van der Waals surface area contributed by atoms with Crippen LogP contribution in [0.4, 0.5) is 5.69 Å². The lowest BCUT2D eigenvalue weighted by molar-refractivity contribution is 0.0836. The van der Waals surface area contributed by atoms with Crippen molar-refractivity contribution in [1.82, 2.24) is 4.90 Å². The van der Waals surface area contributed by atoms with Crippen molar-refractivity contribution in [3.8, 4) is 5.75 Å². The van der Waals surface area contributed by atoms with Crippen LogP contribution in [0.5, 0.6) is 5.75 Å². The van der Waals surface area contributed by atoms with E-state index in [1.54, 1.807) is 0 Å². The Labute approximate surface area is 122 Å². The van der Waals surface area contributed by atoms with Crippen LogP contribution in [0.25, 0.3) is 0 Å². The molecule has 0 saturated carbocycles. The number of hydrogen-bond acceptors (Lipinski definition) is 3. The molecule has 110 valence electrons. The molecule has 20 heavy (non-hydrogen) atoms. The molecule has 2 heterocycles. The van der Waals surface area contributed by atoms with Gasteiger partial charge in [0.15, 0.2) is 0 Å². The molecule has 0 bridgehead atoms. The van der Waals surface area contributed by atoms with Gasteiger partial charge in [0.25, 0.3) is 0 Å². The molecular weight excluding hydrogens is 248 g/mol. The van der Waals surface area contributed by atoms with Gasteiger partial charge in [0.2, 0.25) is 0 Å². The second-order valence-corrected chi connectivity index (χ2v) is 6.26. The van der Waals surface area contributed by atoms with E-state index >= 15 is 0 Å². The fourth-order valence-electron chi connectivity index (χ4n) is 3.28. The molecular formula is C17H26N2O. The van der Waals surface area contributed by atoms with Crippen LogP contribution in [-0.2, 0) is 6.42 Å². The highest BCUT2D eigenvalue weighted by molar-refractivity contribution is 5.59. The predicted molar refractivity (Wildman–Crippen MR) is 83.6 cm³/mol. The summed E-state index contributed by atoms with van der Waals surface area (Å²) in [7, 11) is 0. The quantitative estimate of drug-likeness (QED) is 0.915. The number of hydrogen-bond donors (Lipinski definition) is 1. The zero-order valence-corrected chi connectivity index (χ0v) is 12.7. The molecule has 0 radical (unpaired) electrons. The van der Waals surface area contributed by atoms with E-state index in [2.05, 4.69) is 42.3 Å². The van der Waals surface area contributed by atoms with Crippen LogP contribution in [0.3, 0.4) is 0 Å². The number of nitrogens with one attached hydrogen (secondary N) is 1. The first-order valence-corrected chi connectivity index (χ1v) is 8.00. The van der Waals surface area contributed by atoms with Crippen molar-refractivity contribution in [2.24, 2.45) is 0 Å². The Hall–Kier alpha value is -1.22. The van der Waals surface area contributed by atoms with Gasteiger partial charge in [-0.05, 0) is 51.7 Å². The van der Waals surface area contributed by atoms with Gasteiger partial charge >= 0.3 is 0 Å². The zero-order valence-electron chi connectivity index (χ0n) is 12.7. The van der Waals surface area contributed by atoms with Gasteiger partial charge in [0, 0.05) is 36.9 Å². The van der Waals surface area contributed by atoms with Crippen LogP contribution in [0.1, 0.15) is 38.7 Å². The summed E-state index contributed by atoms with van der Waals surface area (Å²) in [5.41, 5.74) is 2.65. The highest BCUT2D eigenvalue weighted by atomic mass is 16.5. The van der Waals surface area contributed by atoms with Crippen molar-refractivity contribution in [3.05, 3.63) is 23.8 Å². The maximum atomic E-state index is 6.32. The lowest BCUT2D eigenvalue weighted by Gasteiger charge is -2.35. The first-order chi connectivity index (χ1) is 9.74. The molecule has 2 aliphatic heterocycles. The van der Waals surface area contributed by atoms with E-state index in [9.17, 15) is 0 Å². The zero-order chi connectivity index (χ0) is 13.9. The Morgan fingerprint density at radius 3 is 2.80 bits per heavy atom. The minimum absolute atomic E-state index is 0.387. The molecule has 1 fully saturated rings. The minimum atomic E-state index is 0.387. The van der Waals surface area contributed by atoms with Gasteiger partial charge in [0.1, 0.15) is 11.9 Å². The molecule has 0 unspecified atom stereocenters. The molecule has 1 saturated heterocycles. The average molecular weight is 274 g/mol. The molecule has 0 atom stereocenters. The van der Waals surface area contributed by atoms with E-state index in [0.717, 1.165) is 44.6 Å². The topological polar surface area (TPSA) is 24.5 Å². The first-order valence-electron chi connectivity index (χ1n) is 8.00.